The minimum Gasteiger partial charge on any atom is -0.444 e. The van der Waals surface area contributed by atoms with E-state index in [1.165, 1.54) is 5.56 Å². The van der Waals surface area contributed by atoms with Crippen molar-refractivity contribution >= 4 is 6.09 Å². The van der Waals surface area contributed by atoms with Gasteiger partial charge in [0.25, 0.3) is 0 Å². The first-order chi connectivity index (χ1) is 10.4. The summed E-state index contributed by atoms with van der Waals surface area (Å²) in [4.78, 5) is 14.1. The van der Waals surface area contributed by atoms with Crippen molar-refractivity contribution in [3.8, 4) is 0 Å². The van der Waals surface area contributed by atoms with Crippen molar-refractivity contribution in [2.45, 2.75) is 39.5 Å². The molecule has 2 rings (SSSR count). The molecule has 1 amide bonds. The molecule has 1 aromatic rings. The second kappa shape index (κ2) is 7.61. The predicted octanol–water partition coefficient (Wildman–Crippen LogP) is 2.54. The summed E-state index contributed by atoms with van der Waals surface area (Å²) in [6.07, 6.45) is -0.381. The fourth-order valence-corrected chi connectivity index (χ4v) is 2.37. The monoisotopic (exact) mass is 306 g/mol. The standard InChI is InChI=1S/C17H26N2O3/c1-17(2,3)22-16(20)18-12-14-6-4-5-7-15(14)13-19-8-10-21-11-9-19/h4-7H,8-13H2,1-3H3,(H,18,20). The van der Waals surface area contributed by atoms with Gasteiger partial charge in [-0.25, -0.2) is 4.79 Å². The van der Waals surface area contributed by atoms with E-state index in [-0.39, 0.29) is 6.09 Å². The van der Waals surface area contributed by atoms with E-state index in [1.54, 1.807) is 0 Å². The smallest absolute Gasteiger partial charge is 0.407 e. The molecule has 1 aliphatic rings. The van der Waals surface area contributed by atoms with Crippen molar-refractivity contribution in [3.05, 3.63) is 35.4 Å². The highest BCUT2D eigenvalue weighted by Gasteiger charge is 2.17. The fourth-order valence-electron chi connectivity index (χ4n) is 2.37. The zero-order valence-electron chi connectivity index (χ0n) is 13.7. The molecule has 1 N–H and O–H groups in total. The van der Waals surface area contributed by atoms with Crippen LogP contribution in [0.15, 0.2) is 24.3 Å². The molecule has 0 radical (unpaired) electrons. The third kappa shape index (κ3) is 5.66. The summed E-state index contributed by atoms with van der Waals surface area (Å²) in [7, 11) is 0. The molecule has 5 nitrogen and oxygen atoms in total. The molecule has 0 aliphatic carbocycles. The molecule has 5 heteroatoms. The molecule has 1 aliphatic heterocycles. The maximum Gasteiger partial charge on any atom is 0.407 e. The Hall–Kier alpha value is -1.59. The summed E-state index contributed by atoms with van der Waals surface area (Å²) in [5, 5.41) is 2.83. The van der Waals surface area contributed by atoms with Gasteiger partial charge in [-0.2, -0.15) is 0 Å². The van der Waals surface area contributed by atoms with Crippen LogP contribution in [0, 0.1) is 0 Å². The van der Waals surface area contributed by atoms with E-state index in [9.17, 15) is 4.79 Å². The van der Waals surface area contributed by atoms with E-state index in [2.05, 4.69) is 16.3 Å². The van der Waals surface area contributed by atoms with Crippen LogP contribution in [0.1, 0.15) is 31.9 Å². The lowest BCUT2D eigenvalue weighted by molar-refractivity contribution is 0.0340. The Morgan fingerprint density at radius 3 is 2.50 bits per heavy atom. The van der Waals surface area contributed by atoms with Crippen molar-refractivity contribution in [2.24, 2.45) is 0 Å². The van der Waals surface area contributed by atoms with Crippen molar-refractivity contribution < 1.29 is 14.3 Å². The van der Waals surface area contributed by atoms with Crippen LogP contribution in [-0.2, 0) is 22.6 Å². The van der Waals surface area contributed by atoms with Gasteiger partial charge in [0.15, 0.2) is 0 Å². The topological polar surface area (TPSA) is 50.8 Å². The summed E-state index contributed by atoms with van der Waals surface area (Å²) in [6, 6.07) is 8.19. The number of rotatable bonds is 4. The van der Waals surface area contributed by atoms with Crippen LogP contribution >= 0.6 is 0 Å². The normalized spacial score (nSPS) is 16.3. The molecule has 1 heterocycles. The fraction of sp³-hybridized carbons (Fsp3) is 0.588. The highest BCUT2D eigenvalue weighted by molar-refractivity contribution is 5.67. The molecule has 0 spiro atoms. The van der Waals surface area contributed by atoms with Gasteiger partial charge in [0, 0.05) is 26.2 Å². The number of carbonyl (C=O) groups excluding carboxylic acids is 1. The highest BCUT2D eigenvalue weighted by atomic mass is 16.6. The number of nitrogens with zero attached hydrogens (tertiary/aromatic N) is 1. The van der Waals surface area contributed by atoms with Gasteiger partial charge in [-0.05, 0) is 31.9 Å². The first-order valence-electron chi connectivity index (χ1n) is 7.78. The van der Waals surface area contributed by atoms with Crippen molar-refractivity contribution in [2.75, 3.05) is 26.3 Å². The second-order valence-electron chi connectivity index (χ2n) is 6.51. The molecule has 0 atom stereocenters. The Morgan fingerprint density at radius 1 is 1.23 bits per heavy atom. The number of hydrogen-bond acceptors (Lipinski definition) is 4. The molecule has 0 unspecified atom stereocenters. The highest BCUT2D eigenvalue weighted by Crippen LogP contribution is 2.13. The summed E-state index contributed by atoms with van der Waals surface area (Å²) in [6.45, 7) is 10.4. The quantitative estimate of drug-likeness (QED) is 0.929. The molecule has 0 bridgehead atoms. The molecule has 122 valence electrons. The number of amides is 1. The molecule has 1 fully saturated rings. The second-order valence-corrected chi connectivity index (χ2v) is 6.51. The summed E-state index contributed by atoms with van der Waals surface area (Å²) >= 11 is 0. The van der Waals surface area contributed by atoms with Crippen LogP contribution in [0.25, 0.3) is 0 Å². The van der Waals surface area contributed by atoms with Gasteiger partial charge < -0.3 is 14.8 Å². The Morgan fingerprint density at radius 2 is 1.86 bits per heavy atom. The van der Waals surface area contributed by atoms with E-state index >= 15 is 0 Å². The van der Waals surface area contributed by atoms with E-state index in [4.69, 9.17) is 9.47 Å². The maximum atomic E-state index is 11.8. The number of benzene rings is 1. The predicted molar refractivity (Wildman–Crippen MR) is 85.6 cm³/mol. The average molecular weight is 306 g/mol. The van der Waals surface area contributed by atoms with Crippen molar-refractivity contribution in [3.63, 3.8) is 0 Å². The molecule has 0 aromatic heterocycles. The number of hydrogen-bond donors (Lipinski definition) is 1. The third-order valence-corrected chi connectivity index (χ3v) is 3.44. The zero-order valence-corrected chi connectivity index (χ0v) is 13.7. The molecule has 0 saturated carbocycles. The molecule has 1 saturated heterocycles. The largest absolute Gasteiger partial charge is 0.444 e. The lowest BCUT2D eigenvalue weighted by Crippen LogP contribution is -2.36. The first-order valence-corrected chi connectivity index (χ1v) is 7.78. The van der Waals surface area contributed by atoms with Gasteiger partial charge in [-0.15, -0.1) is 0 Å². The van der Waals surface area contributed by atoms with Crippen LogP contribution in [-0.4, -0.2) is 42.9 Å². The van der Waals surface area contributed by atoms with Gasteiger partial charge in [-0.3, -0.25) is 4.90 Å². The lowest BCUT2D eigenvalue weighted by Gasteiger charge is -2.27. The van der Waals surface area contributed by atoms with Crippen LogP contribution in [0.2, 0.25) is 0 Å². The van der Waals surface area contributed by atoms with E-state index in [0.29, 0.717) is 6.54 Å². The number of alkyl carbamates (subject to hydrolysis) is 1. The van der Waals surface area contributed by atoms with Crippen LogP contribution in [0.3, 0.4) is 0 Å². The van der Waals surface area contributed by atoms with Crippen LogP contribution in [0.5, 0.6) is 0 Å². The minimum atomic E-state index is -0.475. The van der Waals surface area contributed by atoms with E-state index in [0.717, 1.165) is 38.4 Å². The third-order valence-electron chi connectivity index (χ3n) is 3.44. The van der Waals surface area contributed by atoms with E-state index < -0.39 is 5.60 Å². The Labute approximate surface area is 132 Å². The van der Waals surface area contributed by atoms with Gasteiger partial charge in [-0.1, -0.05) is 24.3 Å². The lowest BCUT2D eigenvalue weighted by atomic mass is 10.1. The SMILES string of the molecule is CC(C)(C)OC(=O)NCc1ccccc1CN1CCOCC1. The van der Waals surface area contributed by atoms with E-state index in [1.807, 2.05) is 39.0 Å². The Kier molecular flexibility index (Phi) is 5.80. The van der Waals surface area contributed by atoms with Gasteiger partial charge in [0.2, 0.25) is 0 Å². The van der Waals surface area contributed by atoms with Gasteiger partial charge in [0.05, 0.1) is 13.2 Å². The Bertz CT molecular complexity index is 491. The summed E-state index contributed by atoms with van der Waals surface area (Å²) in [5.74, 6) is 0. The Balaban J connectivity index is 1.91. The minimum absolute atomic E-state index is 0.381. The maximum absolute atomic E-state index is 11.8. The first kappa shape index (κ1) is 16.8. The number of morpholine rings is 1. The number of carbonyl (C=O) groups is 1. The molecular weight excluding hydrogens is 280 g/mol. The molecule has 1 aromatic carbocycles. The zero-order chi connectivity index (χ0) is 16.0. The van der Waals surface area contributed by atoms with Crippen LogP contribution < -0.4 is 5.32 Å². The average Bonchev–Trinajstić information content (AvgIpc) is 2.46. The molecular formula is C17H26N2O3. The number of ether oxygens (including phenoxy) is 2. The molecule has 22 heavy (non-hydrogen) atoms. The number of nitrogens with one attached hydrogen (secondary N) is 1. The summed E-state index contributed by atoms with van der Waals surface area (Å²) < 4.78 is 10.7. The van der Waals surface area contributed by atoms with Gasteiger partial charge in [0.1, 0.15) is 5.60 Å². The van der Waals surface area contributed by atoms with Crippen LogP contribution in [0.4, 0.5) is 4.79 Å². The van der Waals surface area contributed by atoms with Gasteiger partial charge >= 0.3 is 6.09 Å². The summed E-state index contributed by atoms with van der Waals surface area (Å²) in [5.41, 5.74) is 1.89. The van der Waals surface area contributed by atoms with Crippen molar-refractivity contribution in [1.29, 1.82) is 0 Å². The van der Waals surface area contributed by atoms with Crippen molar-refractivity contribution in [1.82, 2.24) is 10.2 Å².